The lowest BCUT2D eigenvalue weighted by atomic mass is 10.2. The van der Waals surface area contributed by atoms with Gasteiger partial charge in [-0.15, -0.1) is 0 Å². The van der Waals surface area contributed by atoms with Gasteiger partial charge in [0.2, 0.25) is 5.82 Å². The molecule has 15 heavy (non-hydrogen) atoms. The highest BCUT2D eigenvalue weighted by molar-refractivity contribution is 6.32. The van der Waals surface area contributed by atoms with Crippen molar-refractivity contribution in [3.63, 3.8) is 0 Å². The molecule has 0 aliphatic heterocycles. The third-order valence-electron chi connectivity index (χ3n) is 1.66. The molecule has 0 aliphatic rings. The Kier molecular flexibility index (Phi) is 2.99. The normalized spacial score (nSPS) is 11.6. The van der Waals surface area contributed by atoms with E-state index in [-0.39, 0.29) is 10.8 Å². The van der Waals surface area contributed by atoms with Crippen molar-refractivity contribution >= 4 is 17.3 Å². The Bertz CT molecular complexity index is 393. The second-order valence-electron chi connectivity index (χ2n) is 2.78. The lowest BCUT2D eigenvalue weighted by Gasteiger charge is -2.06. The molecule has 0 N–H and O–H groups in total. The lowest BCUT2D eigenvalue weighted by molar-refractivity contribution is -0.430. The maximum atomic E-state index is 13.1. The molecule has 82 valence electrons. The fraction of sp³-hybridized carbons (Fsp3) is 0.250. The van der Waals surface area contributed by atoms with Gasteiger partial charge in [-0.25, -0.2) is 0 Å². The van der Waals surface area contributed by atoms with Crippen molar-refractivity contribution in [3.05, 3.63) is 33.4 Å². The number of nitroso groups, excluding NO2 is 1. The van der Waals surface area contributed by atoms with Gasteiger partial charge in [-0.05, 0) is 12.1 Å². The van der Waals surface area contributed by atoms with Crippen LogP contribution in [0.4, 0.5) is 23.2 Å². The van der Waals surface area contributed by atoms with Gasteiger partial charge in [-0.2, -0.15) is 17.6 Å². The van der Waals surface area contributed by atoms with E-state index in [4.69, 9.17) is 11.6 Å². The quantitative estimate of drug-likeness (QED) is 0.545. The van der Waals surface area contributed by atoms with Crippen LogP contribution in [0, 0.1) is 10.7 Å². The first kappa shape index (κ1) is 11.9. The van der Waals surface area contributed by atoms with E-state index < -0.39 is 28.3 Å². The monoisotopic (exact) mass is 242 g/mol. The minimum atomic E-state index is -4.69. The van der Waals surface area contributed by atoms with Crippen molar-refractivity contribution in [2.45, 2.75) is 6.18 Å². The van der Waals surface area contributed by atoms with Gasteiger partial charge in [0.05, 0.1) is 5.56 Å². The van der Waals surface area contributed by atoms with Gasteiger partial charge in [0, 0.05) is 9.67 Å². The van der Waals surface area contributed by atoms with E-state index in [1.165, 1.54) is 0 Å². The van der Waals surface area contributed by atoms with Gasteiger partial charge in [-0.1, -0.05) is 11.6 Å². The number of hydrogen-bond acceptors (Lipinski definition) is 1. The predicted octanol–water partition coefficient (Wildman–Crippen LogP) is 3.54. The van der Waals surface area contributed by atoms with Crippen LogP contribution in [0.2, 0.25) is 5.02 Å². The molecule has 0 bridgehead atoms. The van der Waals surface area contributed by atoms with Gasteiger partial charge < -0.3 is 0 Å². The highest BCUT2D eigenvalue weighted by atomic mass is 35.5. The van der Waals surface area contributed by atoms with Crippen LogP contribution in [0.1, 0.15) is 5.56 Å². The second-order valence-corrected chi connectivity index (χ2v) is 3.19. The third kappa shape index (κ3) is 2.44. The SMILES string of the molecule is C[N+](=O)c1c(F)cc(C(F)(F)F)cc1Cl. The molecule has 0 saturated heterocycles. The average molecular weight is 243 g/mol. The van der Waals surface area contributed by atoms with Crippen molar-refractivity contribution < 1.29 is 22.3 Å². The number of alkyl halides is 3. The number of rotatable bonds is 1. The first-order chi connectivity index (χ1) is 6.73. The van der Waals surface area contributed by atoms with E-state index in [0.717, 1.165) is 7.05 Å². The molecule has 7 heteroatoms. The number of nitrogens with zero attached hydrogens (tertiary/aromatic N) is 1. The smallest absolute Gasteiger partial charge is 0.199 e. The maximum Gasteiger partial charge on any atom is 0.416 e. The van der Waals surface area contributed by atoms with Crippen LogP contribution in [0.25, 0.3) is 0 Å². The number of benzene rings is 1. The largest absolute Gasteiger partial charge is 0.416 e. The Morgan fingerprint density at radius 3 is 2.20 bits per heavy atom. The highest BCUT2D eigenvalue weighted by Crippen LogP contribution is 2.36. The highest BCUT2D eigenvalue weighted by Gasteiger charge is 2.34. The van der Waals surface area contributed by atoms with Crippen molar-refractivity contribution in [2.75, 3.05) is 7.05 Å². The molecule has 0 spiro atoms. The molecule has 0 heterocycles. The minimum Gasteiger partial charge on any atom is -0.199 e. The van der Waals surface area contributed by atoms with Crippen LogP contribution in [0.5, 0.6) is 0 Å². The van der Waals surface area contributed by atoms with Gasteiger partial charge in [-0.3, -0.25) is 0 Å². The number of hydrogen-bond donors (Lipinski definition) is 0. The molecule has 0 radical (unpaired) electrons. The molecule has 1 aromatic rings. The van der Waals surface area contributed by atoms with Gasteiger partial charge >= 0.3 is 11.9 Å². The molecule has 2 nitrogen and oxygen atoms in total. The summed E-state index contributed by atoms with van der Waals surface area (Å²) in [4.78, 5) is 10.8. The summed E-state index contributed by atoms with van der Waals surface area (Å²) in [5.41, 5.74) is -1.83. The summed E-state index contributed by atoms with van der Waals surface area (Å²) >= 11 is 5.35. The fourth-order valence-corrected chi connectivity index (χ4v) is 1.36. The number of halogens is 5. The van der Waals surface area contributed by atoms with Crippen molar-refractivity contribution in [1.82, 2.24) is 0 Å². The van der Waals surface area contributed by atoms with Crippen LogP contribution in [0.15, 0.2) is 12.1 Å². The predicted molar refractivity (Wildman–Crippen MR) is 45.6 cm³/mol. The molecule has 1 aromatic carbocycles. The third-order valence-corrected chi connectivity index (χ3v) is 1.95. The second kappa shape index (κ2) is 3.77. The molecular formula is C8H5ClF4NO+. The first-order valence-electron chi connectivity index (χ1n) is 3.70. The standard InChI is InChI=1S/C8H5ClF4NO/c1-14(15)7-5(9)2-4(3-6(7)10)8(11,12)13/h2-3H,1H3/q+1. The zero-order valence-corrected chi connectivity index (χ0v) is 8.16. The zero-order chi connectivity index (χ0) is 11.8. The summed E-state index contributed by atoms with van der Waals surface area (Å²) in [6.07, 6.45) is -4.69. The van der Waals surface area contributed by atoms with Crippen LogP contribution >= 0.6 is 11.6 Å². The molecule has 0 atom stereocenters. The van der Waals surface area contributed by atoms with Gasteiger partial charge in [0.1, 0.15) is 5.02 Å². The fourth-order valence-electron chi connectivity index (χ4n) is 1.03. The summed E-state index contributed by atoms with van der Waals surface area (Å²) in [6, 6.07) is 0.740. The Hall–Kier alpha value is -1.17. The van der Waals surface area contributed by atoms with Crippen LogP contribution in [0.3, 0.4) is 0 Å². The molecule has 0 aromatic heterocycles. The maximum absolute atomic E-state index is 13.1. The molecule has 0 saturated carbocycles. The van der Waals surface area contributed by atoms with E-state index in [2.05, 4.69) is 0 Å². The van der Waals surface area contributed by atoms with E-state index >= 15 is 0 Å². The topological polar surface area (TPSA) is 20.1 Å². The minimum absolute atomic E-state index is 0.0673. The van der Waals surface area contributed by atoms with E-state index in [1.54, 1.807) is 0 Å². The summed E-state index contributed by atoms with van der Waals surface area (Å²) in [5, 5.41) is -0.570. The lowest BCUT2D eigenvalue weighted by Crippen LogP contribution is -2.07. The molecule has 1 rings (SSSR count). The van der Waals surface area contributed by atoms with Crippen molar-refractivity contribution in [2.24, 2.45) is 0 Å². The van der Waals surface area contributed by atoms with Crippen LogP contribution in [-0.4, -0.2) is 11.8 Å². The average Bonchev–Trinajstić information content (AvgIpc) is 1.99. The zero-order valence-electron chi connectivity index (χ0n) is 7.40. The Morgan fingerprint density at radius 1 is 1.33 bits per heavy atom. The molecule has 0 unspecified atom stereocenters. The molecule has 0 fully saturated rings. The Morgan fingerprint density at radius 2 is 1.87 bits per heavy atom. The summed E-state index contributed by atoms with van der Waals surface area (Å²) in [5.74, 6) is -1.30. The van der Waals surface area contributed by atoms with Crippen molar-refractivity contribution in [1.29, 1.82) is 0 Å². The van der Waals surface area contributed by atoms with Gasteiger partial charge in [0.15, 0.2) is 7.05 Å². The van der Waals surface area contributed by atoms with E-state index in [9.17, 15) is 22.5 Å². The molecular weight excluding hydrogens is 238 g/mol. The Balaban J connectivity index is 3.39. The van der Waals surface area contributed by atoms with Crippen LogP contribution in [-0.2, 0) is 6.18 Å². The van der Waals surface area contributed by atoms with Gasteiger partial charge in [0.25, 0.3) is 0 Å². The Labute approximate surface area is 87.0 Å². The summed E-state index contributed by atoms with van der Waals surface area (Å²) in [7, 11) is 0.942. The van der Waals surface area contributed by atoms with Crippen LogP contribution < -0.4 is 0 Å². The molecule has 0 amide bonds. The summed E-state index contributed by atoms with van der Waals surface area (Å²) < 4.78 is 49.6. The first-order valence-corrected chi connectivity index (χ1v) is 4.08. The van der Waals surface area contributed by atoms with E-state index in [0.29, 0.717) is 6.07 Å². The van der Waals surface area contributed by atoms with E-state index in [1.807, 2.05) is 0 Å². The molecule has 0 aliphatic carbocycles. The van der Waals surface area contributed by atoms with Crippen molar-refractivity contribution in [3.8, 4) is 0 Å². The summed E-state index contributed by atoms with van der Waals surface area (Å²) in [6.45, 7) is 0.